The first-order chi connectivity index (χ1) is 18.6. The molecule has 1 atom stereocenters. The van der Waals surface area contributed by atoms with Crippen molar-refractivity contribution in [1.82, 2.24) is 0 Å². The topological polar surface area (TPSA) is 132 Å². The summed E-state index contributed by atoms with van der Waals surface area (Å²) in [7, 11) is -15.8. The van der Waals surface area contributed by atoms with Crippen molar-refractivity contribution in [3.05, 3.63) is 114 Å². The van der Waals surface area contributed by atoms with Crippen molar-refractivity contribution in [2.45, 2.75) is 38.8 Å². The Hall–Kier alpha value is -3.58. The van der Waals surface area contributed by atoms with Gasteiger partial charge in [0.15, 0.2) is 0 Å². The van der Waals surface area contributed by atoms with Crippen LogP contribution in [0.5, 0.6) is 11.5 Å². The van der Waals surface area contributed by atoms with Crippen LogP contribution in [-0.4, -0.2) is 34.6 Å². The highest BCUT2D eigenvalue weighted by atomic mass is 32.3. The lowest BCUT2D eigenvalue weighted by atomic mass is 9.78. The molecule has 0 saturated heterocycles. The SMILES string of the molecule is CC(C)(c1ccccc1)c1ccc(Oc2ccc(S(=O)(=O)c3ccccc3)c(S(=O)(=O)C(F)S(=O)(=O)O)c2)cc1. The summed E-state index contributed by atoms with van der Waals surface area (Å²) >= 11 is 0. The van der Waals surface area contributed by atoms with Crippen LogP contribution >= 0.6 is 0 Å². The molecular weight excluding hydrogens is 579 g/mol. The zero-order valence-corrected chi connectivity index (χ0v) is 23.7. The van der Waals surface area contributed by atoms with Crippen molar-refractivity contribution in [2.24, 2.45) is 0 Å². The number of alkyl halides is 1. The number of sulfone groups is 2. The average Bonchev–Trinajstić information content (AvgIpc) is 2.93. The summed E-state index contributed by atoms with van der Waals surface area (Å²) < 4.78 is 105. The van der Waals surface area contributed by atoms with Gasteiger partial charge in [-0.2, -0.15) is 8.42 Å². The van der Waals surface area contributed by atoms with Gasteiger partial charge in [0.25, 0.3) is 0 Å². The summed E-state index contributed by atoms with van der Waals surface area (Å²) in [4.78, 5) is -6.18. The molecular formula is C28H25FO8S3. The highest BCUT2D eigenvalue weighted by molar-refractivity contribution is 8.06. The van der Waals surface area contributed by atoms with E-state index in [1.165, 1.54) is 30.3 Å². The third-order valence-electron chi connectivity index (χ3n) is 6.35. The lowest BCUT2D eigenvalue weighted by Gasteiger charge is -2.26. The molecule has 4 aromatic carbocycles. The van der Waals surface area contributed by atoms with Crippen LogP contribution in [-0.2, 0) is 35.2 Å². The van der Waals surface area contributed by atoms with Crippen LogP contribution in [0.2, 0.25) is 0 Å². The van der Waals surface area contributed by atoms with E-state index in [2.05, 4.69) is 0 Å². The number of benzene rings is 4. The molecule has 210 valence electrons. The summed E-state index contributed by atoms with van der Waals surface area (Å²) in [5, 5.41) is 0. The van der Waals surface area contributed by atoms with Gasteiger partial charge in [0, 0.05) is 11.5 Å². The third kappa shape index (κ3) is 5.80. The second-order valence-electron chi connectivity index (χ2n) is 9.38. The van der Waals surface area contributed by atoms with E-state index in [1.54, 1.807) is 12.1 Å². The Bertz CT molecular complexity index is 1840. The van der Waals surface area contributed by atoms with Crippen LogP contribution in [0.15, 0.2) is 118 Å². The molecule has 0 aliphatic carbocycles. The molecule has 0 saturated carbocycles. The van der Waals surface area contributed by atoms with E-state index in [4.69, 9.17) is 9.29 Å². The first-order valence-electron chi connectivity index (χ1n) is 11.8. The number of rotatable bonds is 9. The minimum Gasteiger partial charge on any atom is -0.457 e. The number of hydrogen-bond acceptors (Lipinski definition) is 7. The maximum Gasteiger partial charge on any atom is 0.328 e. The van der Waals surface area contributed by atoms with Crippen molar-refractivity contribution in [3.63, 3.8) is 0 Å². The molecule has 1 unspecified atom stereocenters. The first-order valence-corrected chi connectivity index (χ1v) is 16.3. The van der Waals surface area contributed by atoms with Crippen molar-refractivity contribution >= 4 is 29.8 Å². The molecule has 0 aliphatic rings. The van der Waals surface area contributed by atoms with Gasteiger partial charge in [0.05, 0.1) is 14.7 Å². The fourth-order valence-corrected chi connectivity index (χ4v) is 8.52. The van der Waals surface area contributed by atoms with E-state index in [9.17, 15) is 29.6 Å². The molecule has 0 radical (unpaired) electrons. The Morgan fingerprint density at radius 2 is 1.18 bits per heavy atom. The molecule has 8 nitrogen and oxygen atoms in total. The van der Waals surface area contributed by atoms with Gasteiger partial charge in [-0.05, 0) is 47.5 Å². The van der Waals surface area contributed by atoms with E-state index in [1.807, 2.05) is 56.3 Å². The zero-order valence-electron chi connectivity index (χ0n) is 21.3. The lowest BCUT2D eigenvalue weighted by molar-refractivity contribution is 0.418. The minimum atomic E-state index is -5.74. The molecule has 0 heterocycles. The van der Waals surface area contributed by atoms with Crippen molar-refractivity contribution in [1.29, 1.82) is 0 Å². The molecule has 1 N–H and O–H groups in total. The molecule has 4 rings (SSSR count). The largest absolute Gasteiger partial charge is 0.457 e. The van der Waals surface area contributed by atoms with Gasteiger partial charge in [-0.25, -0.2) is 21.2 Å². The van der Waals surface area contributed by atoms with Gasteiger partial charge >= 0.3 is 15.0 Å². The normalized spacial score (nSPS) is 13.5. The average molecular weight is 605 g/mol. The fraction of sp³-hybridized carbons (Fsp3) is 0.143. The standard InChI is InChI=1S/C28H25FO8S3/c1-28(2,20-9-5-3-6-10-20)21-13-15-22(16-14-21)37-23-17-18-25(38(30,31)24-11-7-4-8-12-24)26(19-23)39(32,33)27(29)40(34,35)36/h3-19,27H,1-2H3,(H,34,35,36). The quantitative estimate of drug-likeness (QED) is 0.246. The van der Waals surface area contributed by atoms with E-state index < -0.39 is 44.4 Å². The summed E-state index contributed by atoms with van der Waals surface area (Å²) in [6, 6.07) is 26.2. The smallest absolute Gasteiger partial charge is 0.328 e. The van der Waals surface area contributed by atoms with Crippen LogP contribution < -0.4 is 4.74 Å². The second-order valence-corrected chi connectivity index (χ2v) is 15.0. The van der Waals surface area contributed by atoms with Crippen LogP contribution in [0, 0.1) is 0 Å². The summed E-state index contributed by atoms with van der Waals surface area (Å²) in [6.45, 7) is 4.09. The van der Waals surface area contributed by atoms with Crippen molar-refractivity contribution < 1.29 is 38.9 Å². The lowest BCUT2D eigenvalue weighted by Crippen LogP contribution is -2.27. The highest BCUT2D eigenvalue weighted by Gasteiger charge is 2.41. The van der Waals surface area contributed by atoms with E-state index in [-0.39, 0.29) is 21.8 Å². The Morgan fingerprint density at radius 3 is 1.73 bits per heavy atom. The molecule has 0 aliphatic heterocycles. The van der Waals surface area contributed by atoms with E-state index >= 15 is 0 Å². The first kappa shape index (κ1) is 29.4. The Labute approximate surface area is 232 Å². The van der Waals surface area contributed by atoms with Gasteiger partial charge in [-0.1, -0.05) is 74.5 Å². The summed E-state index contributed by atoms with van der Waals surface area (Å²) in [5.74, 6) is 0.0457. The predicted molar refractivity (Wildman–Crippen MR) is 147 cm³/mol. The monoisotopic (exact) mass is 604 g/mol. The summed E-state index contributed by atoms with van der Waals surface area (Å²) in [6.07, 6.45) is 0. The van der Waals surface area contributed by atoms with Gasteiger partial charge in [-0.15, -0.1) is 0 Å². The second kappa shape index (κ2) is 10.8. The maximum absolute atomic E-state index is 14.5. The van der Waals surface area contributed by atoms with Gasteiger partial charge in [0.1, 0.15) is 11.5 Å². The summed E-state index contributed by atoms with van der Waals surface area (Å²) in [5.41, 5.74) is 1.68. The number of ether oxygens (including phenoxy) is 1. The van der Waals surface area contributed by atoms with Crippen LogP contribution in [0.4, 0.5) is 4.39 Å². The van der Waals surface area contributed by atoms with Crippen molar-refractivity contribution in [3.8, 4) is 11.5 Å². The molecule has 40 heavy (non-hydrogen) atoms. The zero-order chi connectivity index (χ0) is 29.3. The Kier molecular flexibility index (Phi) is 7.92. The van der Waals surface area contributed by atoms with E-state index in [0.29, 0.717) is 6.07 Å². The van der Waals surface area contributed by atoms with Crippen LogP contribution in [0.1, 0.15) is 25.0 Å². The Morgan fingerprint density at radius 1 is 0.675 bits per heavy atom. The molecule has 0 amide bonds. The molecule has 0 aromatic heterocycles. The van der Waals surface area contributed by atoms with Crippen molar-refractivity contribution in [2.75, 3.05) is 0 Å². The van der Waals surface area contributed by atoms with E-state index in [0.717, 1.165) is 23.3 Å². The minimum absolute atomic E-state index is 0.205. The third-order valence-corrected chi connectivity index (χ3v) is 11.7. The highest BCUT2D eigenvalue weighted by Crippen LogP contribution is 2.36. The molecule has 12 heteroatoms. The molecule has 0 bridgehead atoms. The molecule has 0 fully saturated rings. The molecule has 4 aromatic rings. The van der Waals surface area contributed by atoms with Gasteiger partial charge in [-0.3, -0.25) is 4.55 Å². The van der Waals surface area contributed by atoms with Gasteiger partial charge < -0.3 is 4.74 Å². The maximum atomic E-state index is 14.5. The number of hydrogen-bond donors (Lipinski definition) is 1. The Balaban J connectivity index is 1.76. The van der Waals surface area contributed by atoms with Crippen LogP contribution in [0.3, 0.4) is 0 Å². The fourth-order valence-electron chi connectivity index (χ4n) is 4.08. The van der Waals surface area contributed by atoms with Crippen LogP contribution in [0.25, 0.3) is 0 Å². The van der Waals surface area contributed by atoms with Gasteiger partial charge in [0.2, 0.25) is 19.7 Å². The predicted octanol–water partition coefficient (Wildman–Crippen LogP) is 5.55. The molecule has 0 spiro atoms. The number of halogens is 1.